The van der Waals surface area contributed by atoms with Crippen molar-refractivity contribution in [3.8, 4) is 0 Å². The molecule has 0 unspecified atom stereocenters. The summed E-state index contributed by atoms with van der Waals surface area (Å²) < 4.78 is 0. The van der Waals surface area contributed by atoms with E-state index in [0.717, 1.165) is 16.8 Å². The van der Waals surface area contributed by atoms with Crippen LogP contribution in [0.1, 0.15) is 21.5 Å². The molecule has 2 aromatic carbocycles. The molecule has 3 N–H and O–H groups in total. The largest absolute Gasteiger partial charge is 0.478 e. The van der Waals surface area contributed by atoms with Gasteiger partial charge in [0.1, 0.15) is 4.99 Å². The Morgan fingerprint density at radius 2 is 1.62 bits per heavy atom. The Labute approximate surface area is 128 Å². The fraction of sp³-hybridized carbons (Fsp3) is 0.125. The predicted octanol–water partition coefficient (Wildman–Crippen LogP) is 2.66. The molecule has 0 aliphatic carbocycles. The van der Waals surface area contributed by atoms with Crippen LogP contribution in [0.4, 0.5) is 5.69 Å². The molecule has 2 aromatic rings. The number of thiocarbonyl (C=S) groups is 1. The van der Waals surface area contributed by atoms with E-state index in [1.54, 1.807) is 12.1 Å². The van der Waals surface area contributed by atoms with E-state index in [1.807, 2.05) is 43.4 Å². The normalized spacial score (nSPS) is 10.1. The highest BCUT2D eigenvalue weighted by Crippen LogP contribution is 2.17. The second kappa shape index (κ2) is 6.37. The van der Waals surface area contributed by atoms with Crippen molar-refractivity contribution in [2.24, 2.45) is 5.73 Å². The Balaban J connectivity index is 2.08. The highest BCUT2D eigenvalue weighted by molar-refractivity contribution is 7.80. The summed E-state index contributed by atoms with van der Waals surface area (Å²) in [6.45, 7) is 0.687. The van der Waals surface area contributed by atoms with Gasteiger partial charge in [-0.3, -0.25) is 0 Å². The van der Waals surface area contributed by atoms with Gasteiger partial charge in [-0.1, -0.05) is 24.4 Å². The van der Waals surface area contributed by atoms with Crippen molar-refractivity contribution >= 4 is 28.9 Å². The number of nitrogens with zero attached hydrogens (tertiary/aromatic N) is 1. The molecular weight excluding hydrogens is 284 g/mol. The molecule has 0 aromatic heterocycles. The molecule has 0 saturated heterocycles. The van der Waals surface area contributed by atoms with Crippen molar-refractivity contribution in [1.82, 2.24) is 0 Å². The lowest BCUT2D eigenvalue weighted by molar-refractivity contribution is 0.0697. The second-order valence-electron chi connectivity index (χ2n) is 4.77. The van der Waals surface area contributed by atoms with Gasteiger partial charge in [-0.05, 0) is 42.0 Å². The van der Waals surface area contributed by atoms with Crippen LogP contribution in [0.3, 0.4) is 0 Å². The number of carbonyl (C=O) groups is 1. The van der Waals surface area contributed by atoms with Gasteiger partial charge in [0.25, 0.3) is 0 Å². The first-order valence-corrected chi connectivity index (χ1v) is 6.81. The molecule has 0 amide bonds. The van der Waals surface area contributed by atoms with E-state index in [9.17, 15) is 4.79 Å². The zero-order chi connectivity index (χ0) is 15.4. The molecule has 0 radical (unpaired) electrons. The van der Waals surface area contributed by atoms with E-state index in [0.29, 0.717) is 17.1 Å². The van der Waals surface area contributed by atoms with Gasteiger partial charge in [0.15, 0.2) is 0 Å². The molecule has 0 atom stereocenters. The van der Waals surface area contributed by atoms with Crippen LogP contribution in [0.2, 0.25) is 0 Å². The van der Waals surface area contributed by atoms with E-state index in [-0.39, 0.29) is 0 Å². The van der Waals surface area contributed by atoms with E-state index in [4.69, 9.17) is 23.1 Å². The van der Waals surface area contributed by atoms with Crippen molar-refractivity contribution in [3.63, 3.8) is 0 Å². The molecule has 108 valence electrons. The number of carboxylic acids is 1. The number of rotatable bonds is 5. The molecule has 0 heterocycles. The highest BCUT2D eigenvalue weighted by Gasteiger charge is 2.05. The Hall–Kier alpha value is -2.40. The first kappa shape index (κ1) is 15.0. The summed E-state index contributed by atoms with van der Waals surface area (Å²) in [7, 11) is 1.97. The lowest BCUT2D eigenvalue weighted by atomic mass is 10.1. The highest BCUT2D eigenvalue weighted by atomic mass is 32.1. The van der Waals surface area contributed by atoms with E-state index in [2.05, 4.69) is 4.90 Å². The van der Waals surface area contributed by atoms with Crippen LogP contribution in [0.25, 0.3) is 0 Å². The fourth-order valence-electron chi connectivity index (χ4n) is 2.00. The number of nitrogens with two attached hydrogens (primary N) is 1. The summed E-state index contributed by atoms with van der Waals surface area (Å²) in [5, 5.41) is 8.88. The van der Waals surface area contributed by atoms with Gasteiger partial charge in [-0.25, -0.2) is 4.79 Å². The van der Waals surface area contributed by atoms with Crippen molar-refractivity contribution in [3.05, 3.63) is 65.2 Å². The summed E-state index contributed by atoms with van der Waals surface area (Å²) in [5.74, 6) is -0.914. The van der Waals surface area contributed by atoms with Gasteiger partial charge in [-0.15, -0.1) is 0 Å². The molecule has 0 fully saturated rings. The molecule has 5 heteroatoms. The minimum absolute atomic E-state index is 0.294. The molecule has 2 rings (SSSR count). The number of hydrogen-bond acceptors (Lipinski definition) is 3. The van der Waals surface area contributed by atoms with Crippen LogP contribution >= 0.6 is 12.2 Å². The lowest BCUT2D eigenvalue weighted by Crippen LogP contribution is -2.17. The SMILES string of the molecule is CN(Cc1ccc(C(=O)O)cc1)c1ccc(C(N)=S)cc1. The Morgan fingerprint density at radius 3 is 2.10 bits per heavy atom. The number of aromatic carboxylic acids is 1. The van der Waals surface area contributed by atoms with Crippen molar-refractivity contribution < 1.29 is 9.90 Å². The van der Waals surface area contributed by atoms with Crippen LogP contribution in [-0.2, 0) is 6.54 Å². The first-order chi connectivity index (χ1) is 9.97. The number of anilines is 1. The molecule has 21 heavy (non-hydrogen) atoms. The van der Waals surface area contributed by atoms with Gasteiger partial charge >= 0.3 is 5.97 Å². The second-order valence-corrected chi connectivity index (χ2v) is 5.21. The van der Waals surface area contributed by atoms with Crippen LogP contribution in [0, 0.1) is 0 Å². The summed E-state index contributed by atoms with van der Waals surface area (Å²) in [4.78, 5) is 13.3. The summed E-state index contributed by atoms with van der Waals surface area (Å²) in [5.41, 5.74) is 8.79. The van der Waals surface area contributed by atoms with Crippen LogP contribution in [-0.4, -0.2) is 23.1 Å². The maximum absolute atomic E-state index is 10.8. The van der Waals surface area contributed by atoms with E-state index >= 15 is 0 Å². The molecule has 4 nitrogen and oxygen atoms in total. The maximum Gasteiger partial charge on any atom is 0.335 e. The molecule has 0 spiro atoms. The van der Waals surface area contributed by atoms with E-state index in [1.165, 1.54) is 0 Å². The number of carboxylic acid groups (broad SMARTS) is 1. The van der Waals surface area contributed by atoms with Gasteiger partial charge in [0.05, 0.1) is 5.56 Å². The summed E-state index contributed by atoms with van der Waals surface area (Å²) in [6.07, 6.45) is 0. The first-order valence-electron chi connectivity index (χ1n) is 6.40. The Bertz CT molecular complexity index is 651. The Morgan fingerprint density at radius 1 is 1.10 bits per heavy atom. The van der Waals surface area contributed by atoms with Gasteiger partial charge in [0.2, 0.25) is 0 Å². The zero-order valence-corrected chi connectivity index (χ0v) is 12.4. The third-order valence-electron chi connectivity index (χ3n) is 3.21. The van der Waals surface area contributed by atoms with Crippen LogP contribution < -0.4 is 10.6 Å². The van der Waals surface area contributed by atoms with Crippen LogP contribution in [0.15, 0.2) is 48.5 Å². The van der Waals surface area contributed by atoms with Gasteiger partial charge in [-0.2, -0.15) is 0 Å². The lowest BCUT2D eigenvalue weighted by Gasteiger charge is -2.19. The third kappa shape index (κ3) is 3.79. The molecule has 0 aliphatic rings. The monoisotopic (exact) mass is 300 g/mol. The maximum atomic E-state index is 10.8. The van der Waals surface area contributed by atoms with E-state index < -0.39 is 5.97 Å². The number of benzene rings is 2. The van der Waals surface area contributed by atoms with Crippen LogP contribution in [0.5, 0.6) is 0 Å². The summed E-state index contributed by atoms with van der Waals surface area (Å²) in [6, 6.07) is 14.6. The van der Waals surface area contributed by atoms with Crippen molar-refractivity contribution in [2.75, 3.05) is 11.9 Å². The molecular formula is C16H16N2O2S. The fourth-order valence-corrected chi connectivity index (χ4v) is 2.13. The quantitative estimate of drug-likeness (QED) is 0.831. The zero-order valence-electron chi connectivity index (χ0n) is 11.6. The number of hydrogen-bond donors (Lipinski definition) is 2. The average Bonchev–Trinajstić information content (AvgIpc) is 2.47. The summed E-state index contributed by atoms with van der Waals surface area (Å²) >= 11 is 4.93. The predicted molar refractivity (Wildman–Crippen MR) is 87.8 cm³/mol. The minimum Gasteiger partial charge on any atom is -0.478 e. The smallest absolute Gasteiger partial charge is 0.335 e. The average molecular weight is 300 g/mol. The third-order valence-corrected chi connectivity index (χ3v) is 3.45. The van der Waals surface area contributed by atoms with Crippen molar-refractivity contribution in [2.45, 2.75) is 6.54 Å². The van der Waals surface area contributed by atoms with Gasteiger partial charge < -0.3 is 15.7 Å². The topological polar surface area (TPSA) is 66.6 Å². The van der Waals surface area contributed by atoms with Gasteiger partial charge in [0, 0.05) is 24.8 Å². The standard InChI is InChI=1S/C16H16N2O2S/c1-18(14-8-6-12(7-9-14)15(17)21)10-11-2-4-13(5-3-11)16(19)20/h2-9H,10H2,1H3,(H2,17,21)(H,19,20). The minimum atomic E-state index is -0.914. The van der Waals surface area contributed by atoms with Crippen molar-refractivity contribution in [1.29, 1.82) is 0 Å². The molecule has 0 saturated carbocycles. The molecule has 0 bridgehead atoms. The Kier molecular flexibility index (Phi) is 4.55. The molecule has 0 aliphatic heterocycles.